The van der Waals surface area contributed by atoms with E-state index in [-0.39, 0.29) is 0 Å². The van der Waals surface area contributed by atoms with Crippen LogP contribution in [0.4, 0.5) is 0 Å². The zero-order valence-electron chi connectivity index (χ0n) is 17.1. The molecule has 4 rings (SSSR count). The van der Waals surface area contributed by atoms with E-state index < -0.39 is 0 Å². The largest absolute Gasteiger partial charge is 0.357 e. The second-order valence-electron chi connectivity index (χ2n) is 6.89. The van der Waals surface area contributed by atoms with Gasteiger partial charge in [0, 0.05) is 38.1 Å². The molecular weight excluding hydrogens is 376 g/mol. The number of guanidine groups is 1. The monoisotopic (exact) mass is 402 g/mol. The maximum Gasteiger partial charge on any atom is 0.191 e. The summed E-state index contributed by atoms with van der Waals surface area (Å²) < 4.78 is 3.94. The fourth-order valence-electron chi connectivity index (χ4n) is 3.29. The van der Waals surface area contributed by atoms with Crippen molar-refractivity contribution in [2.45, 2.75) is 26.4 Å². The first kappa shape index (κ1) is 19.6. The number of pyridine rings is 1. The van der Waals surface area contributed by atoms with Crippen LogP contribution in [-0.4, -0.2) is 43.4 Å². The first-order chi connectivity index (χ1) is 14.8. The van der Waals surface area contributed by atoms with Crippen LogP contribution in [0, 0.1) is 0 Å². The van der Waals surface area contributed by atoms with E-state index in [4.69, 9.17) is 4.99 Å². The summed E-state index contributed by atoms with van der Waals surface area (Å²) in [6, 6.07) is 16.2. The van der Waals surface area contributed by atoms with Gasteiger partial charge < -0.3 is 10.6 Å². The van der Waals surface area contributed by atoms with Crippen LogP contribution in [0.2, 0.25) is 0 Å². The third kappa shape index (κ3) is 4.83. The van der Waals surface area contributed by atoms with Gasteiger partial charge in [0.25, 0.3) is 0 Å². The first-order valence-electron chi connectivity index (χ1n) is 10.2. The lowest BCUT2D eigenvalue weighted by Crippen LogP contribution is -2.38. The van der Waals surface area contributed by atoms with Crippen LogP contribution in [0.5, 0.6) is 0 Å². The molecule has 8 heteroatoms. The van der Waals surface area contributed by atoms with Crippen LogP contribution >= 0.6 is 0 Å². The smallest absolute Gasteiger partial charge is 0.191 e. The molecule has 0 aliphatic carbocycles. The molecule has 1 aromatic carbocycles. The molecule has 8 nitrogen and oxygen atoms in total. The van der Waals surface area contributed by atoms with Gasteiger partial charge in [-0.2, -0.15) is 5.10 Å². The molecule has 4 aromatic rings. The average molecular weight is 403 g/mol. The summed E-state index contributed by atoms with van der Waals surface area (Å²) in [5.41, 5.74) is 3.27. The van der Waals surface area contributed by atoms with E-state index in [0.717, 1.165) is 43.5 Å². The van der Waals surface area contributed by atoms with Crippen LogP contribution < -0.4 is 10.6 Å². The Morgan fingerprint density at radius 3 is 2.67 bits per heavy atom. The van der Waals surface area contributed by atoms with Crippen LogP contribution in [0.15, 0.2) is 72.1 Å². The van der Waals surface area contributed by atoms with Crippen LogP contribution in [0.25, 0.3) is 5.65 Å². The maximum atomic E-state index is 4.78. The van der Waals surface area contributed by atoms with Crippen molar-refractivity contribution in [3.63, 3.8) is 0 Å². The van der Waals surface area contributed by atoms with E-state index in [1.165, 1.54) is 11.1 Å². The average Bonchev–Trinajstić information content (AvgIpc) is 3.43. The van der Waals surface area contributed by atoms with Gasteiger partial charge in [-0.05, 0) is 36.2 Å². The van der Waals surface area contributed by atoms with E-state index in [0.29, 0.717) is 6.54 Å². The van der Waals surface area contributed by atoms with Crippen molar-refractivity contribution in [3.05, 3.63) is 84.1 Å². The fourth-order valence-corrected chi connectivity index (χ4v) is 3.29. The normalized spacial score (nSPS) is 11.7. The first-order valence-corrected chi connectivity index (χ1v) is 10.2. The van der Waals surface area contributed by atoms with E-state index >= 15 is 0 Å². The van der Waals surface area contributed by atoms with Gasteiger partial charge in [0.05, 0.1) is 13.1 Å². The Bertz CT molecular complexity index is 1100. The molecule has 0 saturated carbocycles. The van der Waals surface area contributed by atoms with Crippen LogP contribution in [0.3, 0.4) is 0 Å². The molecule has 0 aliphatic rings. The summed E-state index contributed by atoms with van der Waals surface area (Å²) in [6.07, 6.45) is 6.51. The predicted molar refractivity (Wildman–Crippen MR) is 117 cm³/mol. The highest BCUT2D eigenvalue weighted by Crippen LogP contribution is 2.11. The quantitative estimate of drug-likeness (QED) is 0.349. The molecule has 0 amide bonds. The number of benzene rings is 1. The minimum absolute atomic E-state index is 0.598. The molecule has 2 N–H and O–H groups in total. The van der Waals surface area contributed by atoms with E-state index in [1.54, 1.807) is 6.20 Å². The van der Waals surface area contributed by atoms with Crippen molar-refractivity contribution < 1.29 is 0 Å². The zero-order valence-corrected chi connectivity index (χ0v) is 17.1. The number of rotatable bonds is 8. The van der Waals surface area contributed by atoms with Crippen LogP contribution in [0.1, 0.15) is 23.9 Å². The Morgan fingerprint density at radius 1 is 0.967 bits per heavy atom. The minimum atomic E-state index is 0.598. The zero-order chi connectivity index (χ0) is 20.6. The molecule has 0 saturated heterocycles. The Balaban J connectivity index is 1.39. The van der Waals surface area contributed by atoms with Crippen molar-refractivity contribution in [1.29, 1.82) is 0 Å². The molecule has 0 spiro atoms. The maximum absolute atomic E-state index is 4.78. The Kier molecular flexibility index (Phi) is 6.34. The molecule has 30 heavy (non-hydrogen) atoms. The van der Waals surface area contributed by atoms with Gasteiger partial charge in [0.1, 0.15) is 5.82 Å². The van der Waals surface area contributed by atoms with E-state index in [2.05, 4.69) is 51.1 Å². The summed E-state index contributed by atoms with van der Waals surface area (Å²) in [5, 5.41) is 19.5. The third-order valence-electron chi connectivity index (χ3n) is 4.79. The van der Waals surface area contributed by atoms with Crippen molar-refractivity contribution in [3.8, 4) is 0 Å². The van der Waals surface area contributed by atoms with E-state index in [9.17, 15) is 0 Å². The standard InChI is InChI=1S/C22H26N8/c1-2-23-22(24-13-11-21-28-27-20-10-5-6-15-30(20)21)25-16-18-8-3-4-9-19(18)17-29-14-7-12-26-29/h3-10,12,14-15H,2,11,13,16-17H2,1H3,(H2,23,24,25). The highest BCUT2D eigenvalue weighted by atomic mass is 15.3. The number of hydrogen-bond acceptors (Lipinski definition) is 4. The molecule has 3 heterocycles. The van der Waals surface area contributed by atoms with Gasteiger partial charge in [-0.15, -0.1) is 10.2 Å². The summed E-state index contributed by atoms with van der Waals surface area (Å²) >= 11 is 0. The molecular formula is C22H26N8. The summed E-state index contributed by atoms with van der Waals surface area (Å²) in [4.78, 5) is 4.78. The second kappa shape index (κ2) is 9.69. The number of nitrogens with zero attached hydrogens (tertiary/aromatic N) is 6. The van der Waals surface area contributed by atoms with Crippen molar-refractivity contribution >= 4 is 11.6 Å². The topological polar surface area (TPSA) is 84.4 Å². The summed E-state index contributed by atoms with van der Waals surface area (Å²) in [5.74, 6) is 1.72. The molecule has 0 aliphatic heterocycles. The second-order valence-corrected chi connectivity index (χ2v) is 6.89. The highest BCUT2D eigenvalue weighted by Gasteiger charge is 2.06. The lowest BCUT2D eigenvalue weighted by Gasteiger charge is -2.12. The fraction of sp³-hybridized carbons (Fsp3) is 0.273. The predicted octanol–water partition coefficient (Wildman–Crippen LogP) is 2.27. The summed E-state index contributed by atoms with van der Waals surface area (Å²) in [6.45, 7) is 4.92. The van der Waals surface area contributed by atoms with Crippen molar-refractivity contribution in [2.75, 3.05) is 13.1 Å². The Labute approximate surface area is 175 Å². The minimum Gasteiger partial charge on any atom is -0.357 e. The number of fused-ring (bicyclic) bond motifs is 1. The molecule has 0 radical (unpaired) electrons. The summed E-state index contributed by atoms with van der Waals surface area (Å²) in [7, 11) is 0. The van der Waals surface area contributed by atoms with Gasteiger partial charge in [0.2, 0.25) is 0 Å². The lowest BCUT2D eigenvalue weighted by molar-refractivity contribution is 0.680. The Hall–Kier alpha value is -3.68. The molecule has 0 unspecified atom stereocenters. The highest BCUT2D eigenvalue weighted by molar-refractivity contribution is 5.79. The number of nitrogens with one attached hydrogen (secondary N) is 2. The van der Waals surface area contributed by atoms with Crippen molar-refractivity contribution in [2.24, 2.45) is 4.99 Å². The van der Waals surface area contributed by atoms with Gasteiger partial charge in [-0.1, -0.05) is 30.3 Å². The van der Waals surface area contributed by atoms with Gasteiger partial charge in [-0.25, -0.2) is 4.99 Å². The SMILES string of the molecule is CCNC(=NCc1ccccc1Cn1cccn1)NCCc1nnc2ccccn12. The van der Waals surface area contributed by atoms with Gasteiger partial charge >= 0.3 is 0 Å². The molecule has 154 valence electrons. The lowest BCUT2D eigenvalue weighted by atomic mass is 10.1. The number of aliphatic imine (C=N–C) groups is 1. The van der Waals surface area contributed by atoms with Crippen molar-refractivity contribution in [1.82, 2.24) is 35.0 Å². The third-order valence-corrected chi connectivity index (χ3v) is 4.79. The van der Waals surface area contributed by atoms with Gasteiger partial charge in [-0.3, -0.25) is 9.08 Å². The Morgan fingerprint density at radius 2 is 1.83 bits per heavy atom. The molecule has 3 aromatic heterocycles. The van der Waals surface area contributed by atoms with Gasteiger partial charge in [0.15, 0.2) is 11.6 Å². The number of aromatic nitrogens is 5. The van der Waals surface area contributed by atoms with Crippen LogP contribution in [-0.2, 0) is 19.5 Å². The molecule has 0 fully saturated rings. The molecule has 0 bridgehead atoms. The van der Waals surface area contributed by atoms with E-state index in [1.807, 2.05) is 51.8 Å². The number of hydrogen-bond donors (Lipinski definition) is 2. The molecule has 0 atom stereocenters.